The molecule has 112 valence electrons. The van der Waals surface area contributed by atoms with Crippen LogP contribution in [0.15, 0.2) is 48.6 Å². The zero-order valence-corrected chi connectivity index (χ0v) is 12.6. The van der Waals surface area contributed by atoms with E-state index in [9.17, 15) is 9.59 Å². The van der Waals surface area contributed by atoms with Crippen LogP contribution in [0.2, 0.25) is 0 Å². The SMILES string of the molecule is C=C(C)C(=O)Oc1ccc(CC(C)OC(=O)C(=C)C)cc1. The summed E-state index contributed by atoms with van der Waals surface area (Å²) in [6.07, 6.45) is 0.325. The second kappa shape index (κ2) is 7.43. The predicted octanol–water partition coefficient (Wildman–Crippen LogP) is 3.22. The fourth-order valence-electron chi connectivity index (χ4n) is 1.54. The second-order valence-electron chi connectivity index (χ2n) is 5.01. The van der Waals surface area contributed by atoms with Gasteiger partial charge in [0, 0.05) is 17.6 Å². The van der Waals surface area contributed by atoms with E-state index in [1.807, 2.05) is 19.1 Å². The highest BCUT2D eigenvalue weighted by atomic mass is 16.5. The average molecular weight is 288 g/mol. The monoisotopic (exact) mass is 288 g/mol. The minimum absolute atomic E-state index is 0.252. The van der Waals surface area contributed by atoms with Gasteiger partial charge in [-0.3, -0.25) is 0 Å². The number of rotatable bonds is 6. The molecule has 4 heteroatoms. The molecule has 0 fully saturated rings. The molecular formula is C17H20O4. The quantitative estimate of drug-likeness (QED) is 0.458. The van der Waals surface area contributed by atoms with Gasteiger partial charge in [0.25, 0.3) is 0 Å². The van der Waals surface area contributed by atoms with Crippen molar-refractivity contribution in [3.8, 4) is 5.75 Å². The van der Waals surface area contributed by atoms with Gasteiger partial charge in [0.1, 0.15) is 11.9 Å². The van der Waals surface area contributed by atoms with E-state index < -0.39 is 11.9 Å². The normalized spacial score (nSPS) is 11.4. The third-order valence-corrected chi connectivity index (χ3v) is 2.66. The van der Waals surface area contributed by atoms with Gasteiger partial charge in [0.05, 0.1) is 0 Å². The lowest BCUT2D eigenvalue weighted by atomic mass is 10.1. The Hall–Kier alpha value is -2.36. The van der Waals surface area contributed by atoms with Gasteiger partial charge in [-0.2, -0.15) is 0 Å². The van der Waals surface area contributed by atoms with Gasteiger partial charge in [0.15, 0.2) is 0 Å². The number of carbonyl (C=O) groups is 2. The molecule has 0 N–H and O–H groups in total. The minimum atomic E-state index is -0.452. The van der Waals surface area contributed by atoms with Crippen molar-refractivity contribution >= 4 is 11.9 Å². The lowest BCUT2D eigenvalue weighted by molar-refractivity contribution is -0.143. The van der Waals surface area contributed by atoms with Crippen LogP contribution in [-0.4, -0.2) is 18.0 Å². The summed E-state index contributed by atoms with van der Waals surface area (Å²) in [6.45, 7) is 12.1. The van der Waals surface area contributed by atoms with Crippen LogP contribution < -0.4 is 4.74 Å². The summed E-state index contributed by atoms with van der Waals surface area (Å²) in [5, 5.41) is 0. The highest BCUT2D eigenvalue weighted by molar-refractivity contribution is 5.88. The van der Waals surface area contributed by atoms with Crippen molar-refractivity contribution < 1.29 is 19.1 Å². The minimum Gasteiger partial charge on any atom is -0.459 e. The van der Waals surface area contributed by atoms with E-state index in [1.54, 1.807) is 26.0 Å². The summed E-state index contributed by atoms with van der Waals surface area (Å²) >= 11 is 0. The van der Waals surface area contributed by atoms with E-state index in [4.69, 9.17) is 9.47 Å². The predicted molar refractivity (Wildman–Crippen MR) is 81.0 cm³/mol. The Balaban J connectivity index is 2.58. The van der Waals surface area contributed by atoms with Gasteiger partial charge in [-0.25, -0.2) is 9.59 Å². The largest absolute Gasteiger partial charge is 0.459 e. The molecule has 0 saturated carbocycles. The maximum Gasteiger partial charge on any atom is 0.338 e. The smallest absolute Gasteiger partial charge is 0.338 e. The molecule has 0 radical (unpaired) electrons. The van der Waals surface area contributed by atoms with Crippen molar-refractivity contribution in [2.45, 2.75) is 33.3 Å². The number of carbonyl (C=O) groups excluding carboxylic acids is 2. The Morgan fingerprint density at radius 3 is 2.05 bits per heavy atom. The van der Waals surface area contributed by atoms with E-state index in [2.05, 4.69) is 13.2 Å². The average Bonchev–Trinajstić information content (AvgIpc) is 2.40. The first-order valence-electron chi connectivity index (χ1n) is 6.62. The van der Waals surface area contributed by atoms with Gasteiger partial charge in [-0.1, -0.05) is 25.3 Å². The Labute approximate surface area is 125 Å². The zero-order valence-electron chi connectivity index (χ0n) is 12.6. The maximum absolute atomic E-state index is 11.4. The zero-order chi connectivity index (χ0) is 16.0. The Kier molecular flexibility index (Phi) is 5.91. The number of hydrogen-bond donors (Lipinski definition) is 0. The first-order valence-corrected chi connectivity index (χ1v) is 6.62. The molecule has 0 aromatic heterocycles. The number of esters is 2. The molecule has 0 bridgehead atoms. The van der Waals surface area contributed by atoms with Gasteiger partial charge >= 0.3 is 11.9 Å². The molecule has 1 aromatic carbocycles. The molecule has 4 nitrogen and oxygen atoms in total. The van der Waals surface area contributed by atoms with E-state index in [0.717, 1.165) is 5.56 Å². The molecule has 0 saturated heterocycles. The molecule has 1 unspecified atom stereocenters. The number of benzene rings is 1. The summed E-state index contributed by atoms with van der Waals surface area (Å²) in [6, 6.07) is 7.05. The summed E-state index contributed by atoms with van der Waals surface area (Å²) in [4.78, 5) is 22.8. The van der Waals surface area contributed by atoms with Gasteiger partial charge < -0.3 is 9.47 Å². The molecular weight excluding hydrogens is 268 g/mol. The van der Waals surface area contributed by atoms with Gasteiger partial charge in [-0.05, 0) is 38.5 Å². The molecule has 1 rings (SSSR count). The lowest BCUT2D eigenvalue weighted by Crippen LogP contribution is -2.17. The summed E-state index contributed by atoms with van der Waals surface area (Å²) in [7, 11) is 0. The van der Waals surface area contributed by atoms with E-state index >= 15 is 0 Å². The third kappa shape index (κ3) is 5.65. The van der Waals surface area contributed by atoms with Crippen LogP contribution in [0.4, 0.5) is 0 Å². The van der Waals surface area contributed by atoms with Crippen molar-refractivity contribution in [1.82, 2.24) is 0 Å². The fraction of sp³-hybridized carbons (Fsp3) is 0.294. The summed E-state index contributed by atoms with van der Waals surface area (Å²) in [5.74, 6) is -0.389. The lowest BCUT2D eigenvalue weighted by Gasteiger charge is -2.13. The summed E-state index contributed by atoms with van der Waals surface area (Å²) in [5.41, 5.74) is 1.70. The van der Waals surface area contributed by atoms with Crippen molar-refractivity contribution in [3.05, 3.63) is 54.1 Å². The molecule has 0 aliphatic carbocycles. The molecule has 21 heavy (non-hydrogen) atoms. The molecule has 0 aliphatic heterocycles. The topological polar surface area (TPSA) is 52.6 Å². The van der Waals surface area contributed by atoms with Crippen LogP contribution in [0.5, 0.6) is 5.75 Å². The van der Waals surface area contributed by atoms with Crippen molar-refractivity contribution in [1.29, 1.82) is 0 Å². The van der Waals surface area contributed by atoms with E-state index in [0.29, 0.717) is 23.3 Å². The molecule has 0 amide bonds. The van der Waals surface area contributed by atoms with Gasteiger partial charge in [-0.15, -0.1) is 0 Å². The number of ether oxygens (including phenoxy) is 2. The van der Waals surface area contributed by atoms with Crippen LogP contribution >= 0.6 is 0 Å². The van der Waals surface area contributed by atoms with E-state index in [-0.39, 0.29) is 6.10 Å². The molecule has 1 atom stereocenters. The molecule has 1 aromatic rings. The van der Waals surface area contributed by atoms with Gasteiger partial charge in [0.2, 0.25) is 0 Å². The summed E-state index contributed by atoms with van der Waals surface area (Å²) < 4.78 is 10.3. The Bertz CT molecular complexity index is 555. The van der Waals surface area contributed by atoms with Crippen molar-refractivity contribution in [3.63, 3.8) is 0 Å². The van der Waals surface area contributed by atoms with Crippen LogP contribution in [-0.2, 0) is 20.7 Å². The number of hydrogen-bond acceptors (Lipinski definition) is 4. The molecule has 0 heterocycles. The van der Waals surface area contributed by atoms with E-state index in [1.165, 1.54) is 0 Å². The highest BCUT2D eigenvalue weighted by Gasteiger charge is 2.11. The van der Waals surface area contributed by atoms with Crippen LogP contribution in [0.25, 0.3) is 0 Å². The fourth-order valence-corrected chi connectivity index (χ4v) is 1.54. The Morgan fingerprint density at radius 1 is 1.05 bits per heavy atom. The third-order valence-electron chi connectivity index (χ3n) is 2.66. The standard InChI is InChI=1S/C17H20O4/c1-11(2)16(18)20-13(5)10-14-6-8-15(9-7-14)21-17(19)12(3)4/h6-9,13H,1,3,10H2,2,4-5H3. The first kappa shape index (κ1) is 16.7. The second-order valence-corrected chi connectivity index (χ2v) is 5.01. The molecule has 0 spiro atoms. The Morgan fingerprint density at radius 2 is 1.57 bits per heavy atom. The van der Waals surface area contributed by atoms with Crippen molar-refractivity contribution in [2.24, 2.45) is 0 Å². The maximum atomic E-state index is 11.4. The van der Waals surface area contributed by atoms with Crippen LogP contribution in [0, 0.1) is 0 Å². The highest BCUT2D eigenvalue weighted by Crippen LogP contribution is 2.15. The van der Waals surface area contributed by atoms with Crippen LogP contribution in [0.1, 0.15) is 26.3 Å². The molecule has 0 aliphatic rings. The van der Waals surface area contributed by atoms with Crippen molar-refractivity contribution in [2.75, 3.05) is 0 Å². The first-order chi connectivity index (χ1) is 9.79. The van der Waals surface area contributed by atoms with Crippen LogP contribution in [0.3, 0.4) is 0 Å².